The van der Waals surface area contributed by atoms with Crippen molar-refractivity contribution in [2.45, 2.75) is 26.4 Å². The highest BCUT2D eigenvalue weighted by atomic mass is 79.9. The number of benzene rings is 1. The van der Waals surface area contributed by atoms with Crippen molar-refractivity contribution in [2.24, 2.45) is 4.99 Å². The third kappa shape index (κ3) is 4.57. The van der Waals surface area contributed by atoms with Gasteiger partial charge >= 0.3 is 6.09 Å². The Hall–Kier alpha value is -1.16. The second-order valence-corrected chi connectivity index (χ2v) is 5.11. The molecule has 4 heteroatoms. The van der Waals surface area contributed by atoms with Crippen molar-refractivity contribution in [3.8, 4) is 0 Å². The highest BCUT2D eigenvalue weighted by molar-refractivity contribution is 9.10. The average Bonchev–Trinajstić information content (AvgIpc) is 2.14. The van der Waals surface area contributed by atoms with Crippen LogP contribution >= 0.6 is 15.9 Å². The Balaban J connectivity index is 2.68. The summed E-state index contributed by atoms with van der Waals surface area (Å²) in [5, 5.41) is 0. The summed E-state index contributed by atoms with van der Waals surface area (Å²) in [7, 11) is 0. The third-order valence-electron chi connectivity index (χ3n) is 1.61. The van der Waals surface area contributed by atoms with Crippen LogP contribution < -0.4 is 0 Å². The van der Waals surface area contributed by atoms with Gasteiger partial charge in [0.2, 0.25) is 0 Å². The van der Waals surface area contributed by atoms with Crippen molar-refractivity contribution in [3.63, 3.8) is 0 Å². The molecule has 0 spiro atoms. The first-order chi connectivity index (χ1) is 7.38. The lowest BCUT2D eigenvalue weighted by Gasteiger charge is -2.17. The topological polar surface area (TPSA) is 38.7 Å². The Kier molecular flexibility index (Phi) is 4.24. The van der Waals surface area contributed by atoms with Crippen LogP contribution in [0.2, 0.25) is 0 Å². The molecule has 0 aliphatic rings. The van der Waals surface area contributed by atoms with E-state index in [0.717, 1.165) is 10.0 Å². The van der Waals surface area contributed by atoms with Crippen LogP contribution in [-0.2, 0) is 4.74 Å². The zero-order valence-electron chi connectivity index (χ0n) is 9.53. The van der Waals surface area contributed by atoms with E-state index in [1.807, 2.05) is 24.3 Å². The molecule has 0 unspecified atom stereocenters. The molecule has 0 bridgehead atoms. The number of carbonyl (C=O) groups excluding carboxylic acids is 1. The largest absolute Gasteiger partial charge is 0.442 e. The number of hydrogen-bond acceptors (Lipinski definition) is 2. The van der Waals surface area contributed by atoms with Gasteiger partial charge < -0.3 is 4.74 Å². The molecule has 0 aromatic heterocycles. The van der Waals surface area contributed by atoms with Crippen LogP contribution in [0.3, 0.4) is 0 Å². The summed E-state index contributed by atoms with van der Waals surface area (Å²) >= 11 is 3.36. The van der Waals surface area contributed by atoms with E-state index in [9.17, 15) is 4.79 Å². The molecule has 0 saturated carbocycles. The summed E-state index contributed by atoms with van der Waals surface area (Å²) in [5.74, 6) is 0. The molecular formula is C12H14BrNO2. The van der Waals surface area contributed by atoms with Gasteiger partial charge in [-0.25, -0.2) is 4.79 Å². The summed E-state index contributed by atoms with van der Waals surface area (Å²) in [5.41, 5.74) is 0.330. The molecule has 86 valence electrons. The molecular weight excluding hydrogens is 270 g/mol. The molecule has 1 aromatic carbocycles. The van der Waals surface area contributed by atoms with Crippen LogP contribution in [0.15, 0.2) is 33.7 Å². The van der Waals surface area contributed by atoms with Gasteiger partial charge in [-0.2, -0.15) is 4.99 Å². The zero-order valence-corrected chi connectivity index (χ0v) is 11.1. The van der Waals surface area contributed by atoms with E-state index in [1.54, 1.807) is 20.8 Å². The zero-order chi connectivity index (χ0) is 12.2. The van der Waals surface area contributed by atoms with Gasteiger partial charge in [-0.1, -0.05) is 34.1 Å². The van der Waals surface area contributed by atoms with E-state index >= 15 is 0 Å². The number of amides is 1. The average molecular weight is 284 g/mol. The number of ether oxygens (including phenoxy) is 1. The van der Waals surface area contributed by atoms with Gasteiger partial charge in [0.25, 0.3) is 0 Å². The number of halogens is 1. The lowest BCUT2D eigenvalue weighted by molar-refractivity contribution is 0.0605. The number of hydrogen-bond donors (Lipinski definition) is 0. The van der Waals surface area contributed by atoms with E-state index < -0.39 is 11.7 Å². The van der Waals surface area contributed by atoms with Crippen LogP contribution in [0.1, 0.15) is 26.3 Å². The third-order valence-corrected chi connectivity index (χ3v) is 2.33. The fourth-order valence-corrected chi connectivity index (χ4v) is 1.38. The predicted molar refractivity (Wildman–Crippen MR) is 68.0 cm³/mol. The summed E-state index contributed by atoms with van der Waals surface area (Å²) in [6.45, 7) is 5.41. The standard InChI is InChI=1S/C12H14BrNO2/c1-12(2,3)16-11(15)14-8-9-6-4-5-7-10(9)13/h4-8H,1-3H3/b14-8-. The fraction of sp³-hybridized carbons (Fsp3) is 0.333. The molecule has 0 radical (unpaired) electrons. The molecule has 0 saturated heterocycles. The molecule has 1 aromatic rings. The normalized spacial score (nSPS) is 11.8. The highest BCUT2D eigenvalue weighted by Gasteiger charge is 2.14. The molecule has 3 nitrogen and oxygen atoms in total. The van der Waals surface area contributed by atoms with Gasteiger partial charge in [0.05, 0.1) is 0 Å². The van der Waals surface area contributed by atoms with Gasteiger partial charge in [-0.05, 0) is 26.8 Å². The Bertz CT molecular complexity index is 408. The van der Waals surface area contributed by atoms with Gasteiger partial charge in [0.1, 0.15) is 5.60 Å². The lowest BCUT2D eigenvalue weighted by Crippen LogP contribution is -2.21. The number of rotatable bonds is 1. The van der Waals surface area contributed by atoms with Crippen molar-refractivity contribution in [1.29, 1.82) is 0 Å². The monoisotopic (exact) mass is 283 g/mol. The second-order valence-electron chi connectivity index (χ2n) is 4.26. The molecule has 0 fully saturated rings. The molecule has 0 aliphatic heterocycles. The number of aliphatic imine (C=N–C) groups is 1. The Morgan fingerprint density at radius 1 is 1.38 bits per heavy atom. The van der Waals surface area contributed by atoms with E-state index in [4.69, 9.17) is 4.74 Å². The first-order valence-electron chi connectivity index (χ1n) is 4.90. The van der Waals surface area contributed by atoms with Crippen molar-refractivity contribution in [2.75, 3.05) is 0 Å². The summed E-state index contributed by atoms with van der Waals surface area (Å²) < 4.78 is 5.94. The Labute approximate surface area is 104 Å². The molecule has 1 rings (SSSR count). The van der Waals surface area contributed by atoms with Crippen LogP contribution in [0.25, 0.3) is 0 Å². The molecule has 0 heterocycles. The maximum absolute atomic E-state index is 11.3. The maximum atomic E-state index is 11.3. The maximum Gasteiger partial charge on any atom is 0.434 e. The first-order valence-corrected chi connectivity index (χ1v) is 5.69. The van der Waals surface area contributed by atoms with Gasteiger partial charge in [0, 0.05) is 16.3 Å². The second kappa shape index (κ2) is 5.25. The smallest absolute Gasteiger partial charge is 0.434 e. The predicted octanol–water partition coefficient (Wildman–Crippen LogP) is 3.80. The summed E-state index contributed by atoms with van der Waals surface area (Å²) in [6, 6.07) is 7.52. The molecule has 16 heavy (non-hydrogen) atoms. The van der Waals surface area contributed by atoms with Crippen molar-refractivity contribution in [1.82, 2.24) is 0 Å². The summed E-state index contributed by atoms with van der Waals surface area (Å²) in [6.07, 6.45) is 0.904. The van der Waals surface area contributed by atoms with Gasteiger partial charge in [-0.3, -0.25) is 0 Å². The van der Waals surface area contributed by atoms with E-state index in [-0.39, 0.29) is 0 Å². The minimum atomic E-state index is -0.580. The Morgan fingerprint density at radius 2 is 2.00 bits per heavy atom. The van der Waals surface area contributed by atoms with Crippen LogP contribution in [-0.4, -0.2) is 17.9 Å². The van der Waals surface area contributed by atoms with Gasteiger partial charge in [-0.15, -0.1) is 0 Å². The van der Waals surface area contributed by atoms with Crippen LogP contribution in [0.5, 0.6) is 0 Å². The van der Waals surface area contributed by atoms with Crippen molar-refractivity contribution >= 4 is 28.2 Å². The van der Waals surface area contributed by atoms with Crippen molar-refractivity contribution < 1.29 is 9.53 Å². The number of nitrogens with zero attached hydrogens (tertiary/aromatic N) is 1. The Morgan fingerprint density at radius 3 is 2.56 bits per heavy atom. The first kappa shape index (κ1) is 12.9. The lowest BCUT2D eigenvalue weighted by atomic mass is 10.2. The molecule has 0 atom stereocenters. The fourth-order valence-electron chi connectivity index (χ4n) is 0.990. The quantitative estimate of drug-likeness (QED) is 0.736. The molecule has 0 N–H and O–H groups in total. The molecule has 0 aliphatic carbocycles. The minimum Gasteiger partial charge on any atom is -0.442 e. The van der Waals surface area contributed by atoms with Gasteiger partial charge in [0.15, 0.2) is 0 Å². The van der Waals surface area contributed by atoms with Crippen molar-refractivity contribution in [3.05, 3.63) is 34.3 Å². The minimum absolute atomic E-state index is 0.512. The van der Waals surface area contributed by atoms with E-state index in [1.165, 1.54) is 6.21 Å². The SMILES string of the molecule is CC(C)(C)OC(=O)/N=C\c1ccccc1Br. The molecule has 1 amide bonds. The number of carbonyl (C=O) groups is 1. The highest BCUT2D eigenvalue weighted by Crippen LogP contribution is 2.14. The van der Waals surface area contributed by atoms with Crippen LogP contribution in [0.4, 0.5) is 4.79 Å². The van der Waals surface area contributed by atoms with E-state index in [2.05, 4.69) is 20.9 Å². The van der Waals surface area contributed by atoms with Crippen LogP contribution in [0, 0.1) is 0 Å². The summed E-state index contributed by atoms with van der Waals surface area (Å²) in [4.78, 5) is 15.0. The van der Waals surface area contributed by atoms with E-state index in [0.29, 0.717) is 0 Å².